The van der Waals surface area contributed by atoms with Crippen molar-refractivity contribution in [2.75, 3.05) is 0 Å². The summed E-state index contributed by atoms with van der Waals surface area (Å²) in [5.74, 6) is -0.0579. The van der Waals surface area contributed by atoms with E-state index in [-0.39, 0.29) is 5.82 Å². The number of benzene rings is 1. The SMILES string of the molecule is Cc1cc(F)c(C)[c]([La])c1. The molecule has 0 amide bonds. The summed E-state index contributed by atoms with van der Waals surface area (Å²) >= 11 is 0.736. The van der Waals surface area contributed by atoms with Crippen molar-refractivity contribution in [2.24, 2.45) is 0 Å². The molecule has 0 unspecified atom stereocenters. The van der Waals surface area contributed by atoms with Gasteiger partial charge in [-0.1, -0.05) is 0 Å². The van der Waals surface area contributed by atoms with Gasteiger partial charge in [0.15, 0.2) is 0 Å². The van der Waals surface area contributed by atoms with E-state index in [0.717, 1.165) is 44.9 Å². The van der Waals surface area contributed by atoms with Crippen LogP contribution in [-0.2, 0) is 0 Å². The van der Waals surface area contributed by atoms with Gasteiger partial charge in [0.1, 0.15) is 0 Å². The molecule has 0 spiro atoms. The molecular weight excluding hydrogens is 254 g/mol. The fourth-order valence-electron chi connectivity index (χ4n) is 0.841. The zero-order chi connectivity index (χ0) is 7.72. The van der Waals surface area contributed by atoms with Gasteiger partial charge in [0.25, 0.3) is 0 Å². The fraction of sp³-hybridized carbons (Fsp3) is 0.250. The number of halogens is 1. The predicted molar refractivity (Wildman–Crippen MR) is 35.5 cm³/mol. The summed E-state index contributed by atoms with van der Waals surface area (Å²) in [7, 11) is 0. The van der Waals surface area contributed by atoms with Gasteiger partial charge < -0.3 is 0 Å². The van der Waals surface area contributed by atoms with E-state index in [9.17, 15) is 4.39 Å². The first-order valence-corrected chi connectivity index (χ1v) is 4.95. The molecule has 0 aliphatic heterocycles. The van der Waals surface area contributed by atoms with E-state index in [4.69, 9.17) is 0 Å². The maximum absolute atomic E-state index is 12.9. The molecule has 0 radical (unpaired) electrons. The molecule has 0 fully saturated rings. The van der Waals surface area contributed by atoms with Crippen LogP contribution >= 0.6 is 0 Å². The first-order chi connectivity index (χ1) is 4.61. The van der Waals surface area contributed by atoms with Crippen molar-refractivity contribution in [3.63, 3.8) is 0 Å². The molecule has 50 valence electrons. The average Bonchev–Trinajstić information content (AvgIpc) is 1.82. The second-order valence-corrected chi connectivity index (χ2v) is 4.41. The van der Waals surface area contributed by atoms with Gasteiger partial charge in [0.05, 0.1) is 0 Å². The molecule has 0 atom stereocenters. The van der Waals surface area contributed by atoms with Gasteiger partial charge in [-0.05, 0) is 0 Å². The average molecular weight is 262 g/mol. The summed E-state index contributed by atoms with van der Waals surface area (Å²) in [4.78, 5) is 0. The van der Waals surface area contributed by atoms with Gasteiger partial charge >= 0.3 is 83.0 Å². The molecule has 0 saturated heterocycles. The summed E-state index contributed by atoms with van der Waals surface area (Å²) in [6.45, 7) is 3.76. The summed E-state index contributed by atoms with van der Waals surface area (Å²) in [6, 6.07) is 3.64. The van der Waals surface area contributed by atoms with Crippen molar-refractivity contribution >= 4 is 1.97 Å². The molecule has 1 aromatic carbocycles. The van der Waals surface area contributed by atoms with Crippen molar-refractivity contribution in [1.82, 2.24) is 0 Å². The molecule has 0 N–H and O–H groups in total. The van der Waals surface area contributed by atoms with Crippen LogP contribution in [0.5, 0.6) is 0 Å². The summed E-state index contributed by atoms with van der Waals surface area (Å²) in [5.41, 5.74) is 1.86. The van der Waals surface area contributed by atoms with E-state index >= 15 is 0 Å². The molecule has 0 aliphatic carbocycles. The third kappa shape index (κ3) is 1.69. The van der Waals surface area contributed by atoms with Gasteiger partial charge in [-0.3, -0.25) is 0 Å². The zero-order valence-electron chi connectivity index (χ0n) is 6.11. The van der Waals surface area contributed by atoms with Gasteiger partial charge in [-0.25, -0.2) is 0 Å². The van der Waals surface area contributed by atoms with Crippen LogP contribution < -0.4 is 1.97 Å². The van der Waals surface area contributed by atoms with E-state index in [1.54, 1.807) is 6.07 Å². The van der Waals surface area contributed by atoms with Crippen LogP contribution in [0, 0.1) is 53.4 Å². The van der Waals surface area contributed by atoms with Gasteiger partial charge in [0.2, 0.25) is 0 Å². The molecular formula is C8H8FLa. The Bertz CT molecular complexity index is 232. The van der Waals surface area contributed by atoms with Crippen LogP contribution in [0.4, 0.5) is 4.39 Å². The van der Waals surface area contributed by atoms with Crippen LogP contribution in [0.1, 0.15) is 11.1 Å². The van der Waals surface area contributed by atoms with E-state index in [2.05, 4.69) is 6.07 Å². The third-order valence-corrected chi connectivity index (χ3v) is 3.41. The van der Waals surface area contributed by atoms with Crippen LogP contribution in [0.15, 0.2) is 12.1 Å². The third-order valence-electron chi connectivity index (χ3n) is 1.53. The minimum atomic E-state index is -0.0579. The normalized spacial score (nSPS) is 9.80. The Morgan fingerprint density at radius 1 is 1.30 bits per heavy atom. The molecule has 0 nitrogen and oxygen atoms in total. The minimum absolute atomic E-state index is 0.0579. The molecule has 1 aromatic rings. The van der Waals surface area contributed by atoms with E-state index in [1.165, 1.54) is 1.97 Å². The standard InChI is InChI=1S/C8H8F.La/c1-6-3-4-7(2)8(9)5-6;/h3,5H,1-2H3;. The number of hydrogen-bond acceptors (Lipinski definition) is 0. The van der Waals surface area contributed by atoms with Crippen LogP contribution in [-0.4, -0.2) is 0 Å². The quantitative estimate of drug-likeness (QED) is 0.666. The van der Waals surface area contributed by atoms with Crippen molar-refractivity contribution in [3.8, 4) is 0 Å². The zero-order valence-corrected chi connectivity index (χ0v) is 9.74. The summed E-state index contributed by atoms with van der Waals surface area (Å²) in [6.07, 6.45) is 0. The van der Waals surface area contributed by atoms with Gasteiger partial charge in [-0.2, -0.15) is 0 Å². The second kappa shape index (κ2) is 3.16. The Morgan fingerprint density at radius 3 is 2.40 bits per heavy atom. The number of hydrogen-bond donors (Lipinski definition) is 0. The van der Waals surface area contributed by atoms with Crippen LogP contribution in [0.3, 0.4) is 0 Å². The van der Waals surface area contributed by atoms with Crippen molar-refractivity contribution in [1.29, 1.82) is 0 Å². The molecule has 1 rings (SSSR count). The predicted octanol–water partition coefficient (Wildman–Crippen LogP) is 1.62. The monoisotopic (exact) mass is 262 g/mol. The Kier molecular flexibility index (Phi) is 2.67. The van der Waals surface area contributed by atoms with Crippen molar-refractivity contribution in [2.45, 2.75) is 13.8 Å². The maximum atomic E-state index is 12.9. The second-order valence-electron chi connectivity index (χ2n) is 2.46. The molecule has 0 aliphatic rings. The fourth-order valence-corrected chi connectivity index (χ4v) is 2.10. The topological polar surface area (TPSA) is 0 Å². The summed E-state index contributed by atoms with van der Waals surface area (Å²) < 4.78 is 14.1. The number of rotatable bonds is 0. The Balaban J connectivity index is 3.31. The van der Waals surface area contributed by atoms with E-state index < -0.39 is 0 Å². The first kappa shape index (κ1) is 8.44. The Morgan fingerprint density at radius 2 is 1.90 bits per heavy atom. The molecule has 0 heterocycles. The Labute approximate surface area is 82.5 Å². The summed E-state index contributed by atoms with van der Waals surface area (Å²) in [5, 5.41) is 0. The first-order valence-electron chi connectivity index (χ1n) is 3.13. The van der Waals surface area contributed by atoms with Crippen molar-refractivity contribution in [3.05, 3.63) is 29.1 Å². The molecule has 0 bridgehead atoms. The van der Waals surface area contributed by atoms with Gasteiger partial charge in [-0.15, -0.1) is 0 Å². The van der Waals surface area contributed by atoms with Crippen molar-refractivity contribution < 1.29 is 38.1 Å². The Hall–Kier alpha value is 0.345. The molecule has 10 heavy (non-hydrogen) atoms. The molecule has 2 heteroatoms. The molecule has 0 saturated carbocycles. The van der Waals surface area contributed by atoms with E-state index in [1.807, 2.05) is 13.8 Å². The van der Waals surface area contributed by atoms with Crippen LogP contribution in [0.25, 0.3) is 0 Å². The van der Waals surface area contributed by atoms with Gasteiger partial charge in [0, 0.05) is 0 Å². The number of aryl methyl sites for hydroxylation is 1. The van der Waals surface area contributed by atoms with Crippen LogP contribution in [0.2, 0.25) is 0 Å². The molecule has 0 aromatic heterocycles. The van der Waals surface area contributed by atoms with E-state index in [0.29, 0.717) is 0 Å².